The summed E-state index contributed by atoms with van der Waals surface area (Å²) >= 11 is 11.8. The molecule has 5 heteroatoms. The molecule has 0 spiro atoms. The number of ether oxygens (including phenoxy) is 1. The Bertz CT molecular complexity index is 425. The molecule has 1 saturated heterocycles. The van der Waals surface area contributed by atoms with Crippen molar-refractivity contribution in [3.8, 4) is 5.75 Å². The van der Waals surface area contributed by atoms with Crippen LogP contribution in [0.4, 0.5) is 5.69 Å². The van der Waals surface area contributed by atoms with Crippen molar-refractivity contribution in [2.45, 2.75) is 5.38 Å². The molecule has 0 radical (unpaired) electrons. The molecule has 1 aromatic carbocycles. The van der Waals surface area contributed by atoms with Gasteiger partial charge >= 0.3 is 0 Å². The van der Waals surface area contributed by atoms with Gasteiger partial charge in [-0.05, 0) is 12.1 Å². The van der Waals surface area contributed by atoms with Crippen LogP contribution in [0.1, 0.15) is 0 Å². The van der Waals surface area contributed by atoms with Gasteiger partial charge in [-0.3, -0.25) is 4.79 Å². The number of hydrogen-bond donors (Lipinski definition) is 0. The minimum Gasteiger partial charge on any atom is -0.497 e. The van der Waals surface area contributed by atoms with E-state index in [0.29, 0.717) is 12.4 Å². The average molecular weight is 274 g/mol. The molecule has 1 aliphatic heterocycles. The van der Waals surface area contributed by atoms with Gasteiger partial charge in [0.2, 0.25) is 5.91 Å². The van der Waals surface area contributed by atoms with E-state index in [4.69, 9.17) is 27.9 Å². The Morgan fingerprint density at radius 3 is 2.88 bits per heavy atom. The molecular formula is C12H13Cl2NO2. The maximum absolute atomic E-state index is 12.0. The van der Waals surface area contributed by atoms with E-state index in [1.807, 2.05) is 24.3 Å². The summed E-state index contributed by atoms with van der Waals surface area (Å²) in [5.41, 5.74) is 0.799. The van der Waals surface area contributed by atoms with Gasteiger partial charge in [0, 0.05) is 30.1 Å². The topological polar surface area (TPSA) is 29.5 Å². The molecule has 1 aliphatic rings. The summed E-state index contributed by atoms with van der Waals surface area (Å²) < 4.78 is 5.13. The van der Waals surface area contributed by atoms with Gasteiger partial charge in [0.05, 0.1) is 7.11 Å². The molecule has 0 saturated carbocycles. The molecule has 1 amide bonds. The van der Waals surface area contributed by atoms with Gasteiger partial charge in [0.15, 0.2) is 0 Å². The smallest absolute Gasteiger partial charge is 0.245 e. The lowest BCUT2D eigenvalue weighted by Gasteiger charge is -2.16. The number of halogens is 2. The van der Waals surface area contributed by atoms with Crippen molar-refractivity contribution in [2.75, 3.05) is 24.4 Å². The van der Waals surface area contributed by atoms with Crippen LogP contribution in [0.15, 0.2) is 24.3 Å². The van der Waals surface area contributed by atoms with Crippen LogP contribution in [0.3, 0.4) is 0 Å². The minimum absolute atomic E-state index is 0.00275. The first-order chi connectivity index (χ1) is 8.17. The fourth-order valence-electron chi connectivity index (χ4n) is 1.91. The van der Waals surface area contributed by atoms with Gasteiger partial charge in [0.25, 0.3) is 0 Å². The van der Waals surface area contributed by atoms with E-state index in [1.165, 1.54) is 0 Å². The maximum Gasteiger partial charge on any atom is 0.245 e. The molecule has 17 heavy (non-hydrogen) atoms. The second-order valence-electron chi connectivity index (χ2n) is 3.97. The number of carbonyl (C=O) groups excluding carboxylic acids is 1. The van der Waals surface area contributed by atoms with Gasteiger partial charge in [0.1, 0.15) is 11.1 Å². The third-order valence-electron chi connectivity index (χ3n) is 2.90. The Kier molecular flexibility index (Phi) is 3.79. The van der Waals surface area contributed by atoms with E-state index >= 15 is 0 Å². The van der Waals surface area contributed by atoms with Crippen LogP contribution < -0.4 is 9.64 Å². The lowest BCUT2D eigenvalue weighted by Crippen LogP contribution is -2.27. The predicted molar refractivity (Wildman–Crippen MR) is 69.2 cm³/mol. The summed E-state index contributed by atoms with van der Waals surface area (Å²) in [6.07, 6.45) is 0. The monoisotopic (exact) mass is 273 g/mol. The molecule has 0 aromatic heterocycles. The van der Waals surface area contributed by atoms with Gasteiger partial charge in [-0.2, -0.15) is 0 Å². The normalized spacial score (nSPS) is 24.2. The lowest BCUT2D eigenvalue weighted by molar-refractivity contribution is -0.117. The third kappa shape index (κ3) is 2.35. The van der Waals surface area contributed by atoms with Crippen molar-refractivity contribution < 1.29 is 9.53 Å². The van der Waals surface area contributed by atoms with E-state index in [1.54, 1.807) is 12.0 Å². The highest BCUT2D eigenvalue weighted by atomic mass is 35.5. The molecule has 0 bridgehead atoms. The van der Waals surface area contributed by atoms with Gasteiger partial charge in [-0.15, -0.1) is 23.2 Å². The first-order valence-electron chi connectivity index (χ1n) is 5.33. The van der Waals surface area contributed by atoms with Crippen LogP contribution in [0.25, 0.3) is 0 Å². The van der Waals surface area contributed by atoms with Crippen molar-refractivity contribution in [1.29, 1.82) is 0 Å². The lowest BCUT2D eigenvalue weighted by atomic mass is 10.1. The molecule has 1 aromatic rings. The summed E-state index contributed by atoms with van der Waals surface area (Å²) in [5, 5.41) is -0.529. The number of carbonyl (C=O) groups is 1. The standard InChI is InChI=1S/C12H13Cl2NO2/c1-17-10-4-2-3-9(5-10)15-7-8(6-13)11(14)12(15)16/h2-5,8,11H,6-7H2,1H3. The zero-order valence-corrected chi connectivity index (χ0v) is 10.9. The van der Waals surface area contributed by atoms with Crippen molar-refractivity contribution in [3.63, 3.8) is 0 Å². The van der Waals surface area contributed by atoms with Gasteiger partial charge < -0.3 is 9.64 Å². The Morgan fingerprint density at radius 1 is 1.53 bits per heavy atom. The number of nitrogens with zero attached hydrogens (tertiary/aromatic N) is 1. The van der Waals surface area contributed by atoms with E-state index in [-0.39, 0.29) is 11.8 Å². The molecule has 2 atom stereocenters. The summed E-state index contributed by atoms with van der Waals surface area (Å²) in [6, 6.07) is 7.36. The van der Waals surface area contributed by atoms with Gasteiger partial charge in [-0.1, -0.05) is 6.07 Å². The fraction of sp³-hybridized carbons (Fsp3) is 0.417. The number of rotatable bonds is 3. The zero-order valence-electron chi connectivity index (χ0n) is 9.40. The maximum atomic E-state index is 12.0. The summed E-state index contributed by atoms with van der Waals surface area (Å²) in [6.45, 7) is 0.559. The van der Waals surface area contributed by atoms with Crippen LogP contribution >= 0.6 is 23.2 Å². The zero-order chi connectivity index (χ0) is 12.4. The number of benzene rings is 1. The predicted octanol–water partition coefficient (Wildman–Crippen LogP) is 2.50. The SMILES string of the molecule is COc1cccc(N2CC(CCl)C(Cl)C2=O)c1. The van der Waals surface area contributed by atoms with E-state index in [9.17, 15) is 4.79 Å². The molecular weight excluding hydrogens is 261 g/mol. The Morgan fingerprint density at radius 2 is 2.29 bits per heavy atom. The first kappa shape index (κ1) is 12.5. The quantitative estimate of drug-likeness (QED) is 0.792. The molecule has 3 nitrogen and oxygen atoms in total. The van der Waals surface area contributed by atoms with Crippen LogP contribution in [-0.4, -0.2) is 30.8 Å². The summed E-state index contributed by atoms with van der Waals surface area (Å²) in [7, 11) is 1.59. The van der Waals surface area contributed by atoms with Crippen LogP contribution in [-0.2, 0) is 4.79 Å². The third-order valence-corrected chi connectivity index (χ3v) is 3.84. The second-order valence-corrected chi connectivity index (χ2v) is 4.75. The molecule has 0 aliphatic carbocycles. The molecule has 1 heterocycles. The van der Waals surface area contributed by atoms with Crippen molar-refractivity contribution in [2.24, 2.45) is 5.92 Å². The second kappa shape index (κ2) is 5.15. The van der Waals surface area contributed by atoms with Crippen LogP contribution in [0, 0.1) is 5.92 Å². The Hall–Kier alpha value is -0.930. The molecule has 0 N–H and O–H groups in total. The van der Waals surface area contributed by atoms with E-state index in [2.05, 4.69) is 0 Å². The van der Waals surface area contributed by atoms with Crippen LogP contribution in [0.5, 0.6) is 5.75 Å². The number of anilines is 1. The molecule has 1 fully saturated rings. The van der Waals surface area contributed by atoms with E-state index < -0.39 is 5.38 Å². The first-order valence-corrected chi connectivity index (χ1v) is 6.30. The van der Waals surface area contributed by atoms with Crippen molar-refractivity contribution in [3.05, 3.63) is 24.3 Å². The highest BCUT2D eigenvalue weighted by Gasteiger charge is 2.39. The number of hydrogen-bond acceptors (Lipinski definition) is 2. The molecule has 92 valence electrons. The summed E-state index contributed by atoms with van der Waals surface area (Å²) in [5.74, 6) is 1.01. The Balaban J connectivity index is 2.25. The van der Waals surface area contributed by atoms with Crippen molar-refractivity contribution >= 4 is 34.8 Å². The van der Waals surface area contributed by atoms with Crippen LogP contribution in [0.2, 0.25) is 0 Å². The van der Waals surface area contributed by atoms with Gasteiger partial charge in [-0.25, -0.2) is 0 Å². The minimum atomic E-state index is -0.529. The highest BCUT2D eigenvalue weighted by molar-refractivity contribution is 6.34. The molecule has 2 unspecified atom stereocenters. The Labute approximate surface area is 110 Å². The molecule has 2 rings (SSSR count). The number of alkyl halides is 2. The average Bonchev–Trinajstić information content (AvgIpc) is 2.66. The number of methoxy groups -OCH3 is 1. The largest absolute Gasteiger partial charge is 0.497 e. The summed E-state index contributed by atoms with van der Waals surface area (Å²) in [4.78, 5) is 13.6. The number of amides is 1. The fourth-order valence-corrected chi connectivity index (χ4v) is 2.56. The van der Waals surface area contributed by atoms with Crippen molar-refractivity contribution in [1.82, 2.24) is 0 Å². The van der Waals surface area contributed by atoms with E-state index in [0.717, 1.165) is 11.4 Å². The highest BCUT2D eigenvalue weighted by Crippen LogP contribution is 2.31.